The fraction of sp³-hybridized carbons (Fsp3) is 0.516. The van der Waals surface area contributed by atoms with E-state index in [2.05, 4.69) is 10.6 Å². The van der Waals surface area contributed by atoms with Gasteiger partial charge in [-0.1, -0.05) is 42.8 Å². The summed E-state index contributed by atoms with van der Waals surface area (Å²) in [4.78, 5) is 42.6. The lowest BCUT2D eigenvalue weighted by atomic mass is 9.94. The Kier molecular flexibility index (Phi) is 11.0. The molecule has 0 saturated carbocycles. The summed E-state index contributed by atoms with van der Waals surface area (Å²) in [5.74, 6) is -0.582. The molecule has 2 rings (SSSR count). The van der Waals surface area contributed by atoms with Crippen LogP contribution in [0.3, 0.4) is 0 Å². The van der Waals surface area contributed by atoms with Crippen LogP contribution in [0.15, 0.2) is 42.5 Å². The lowest BCUT2D eigenvalue weighted by Crippen LogP contribution is -2.56. The fourth-order valence-electron chi connectivity index (χ4n) is 4.41. The Hall–Kier alpha value is -3.55. The number of nitrogens with one attached hydrogen (secondary N) is 2. The van der Waals surface area contributed by atoms with Crippen LogP contribution in [0.4, 0.5) is 4.79 Å². The SMILES string of the molecule is CCC(C)N(C(=O)C(Cc1ccc(O)cc1)NC(=O)OC(C)(C)C)C(C(=O)NC(C)C)c1ccc(C)cc1C. The van der Waals surface area contributed by atoms with E-state index < -0.39 is 29.7 Å². The van der Waals surface area contributed by atoms with E-state index >= 15 is 0 Å². The summed E-state index contributed by atoms with van der Waals surface area (Å²) in [6.07, 6.45) is 0.0235. The topological polar surface area (TPSA) is 108 Å². The van der Waals surface area contributed by atoms with E-state index in [1.807, 2.05) is 59.7 Å². The number of phenols is 1. The number of ether oxygens (including phenoxy) is 1. The van der Waals surface area contributed by atoms with Crippen LogP contribution in [0, 0.1) is 13.8 Å². The first-order chi connectivity index (χ1) is 18.1. The molecule has 0 aliphatic carbocycles. The third-order valence-electron chi connectivity index (χ3n) is 6.36. The van der Waals surface area contributed by atoms with Crippen LogP contribution in [0.2, 0.25) is 0 Å². The summed E-state index contributed by atoms with van der Waals surface area (Å²) < 4.78 is 5.48. The van der Waals surface area contributed by atoms with Gasteiger partial charge in [-0.05, 0) is 90.6 Å². The van der Waals surface area contributed by atoms with E-state index in [0.717, 1.165) is 22.3 Å². The molecule has 2 aromatic carbocycles. The zero-order valence-corrected chi connectivity index (χ0v) is 24.8. The van der Waals surface area contributed by atoms with Gasteiger partial charge >= 0.3 is 6.09 Å². The molecule has 0 saturated heterocycles. The summed E-state index contributed by atoms with van der Waals surface area (Å²) in [6, 6.07) is 9.93. The van der Waals surface area contributed by atoms with Crippen molar-refractivity contribution in [3.8, 4) is 5.75 Å². The first-order valence-corrected chi connectivity index (χ1v) is 13.6. The third-order valence-corrected chi connectivity index (χ3v) is 6.36. The Morgan fingerprint density at radius 1 is 0.974 bits per heavy atom. The molecule has 3 atom stereocenters. The van der Waals surface area contributed by atoms with Gasteiger partial charge < -0.3 is 25.4 Å². The standard InChI is InChI=1S/C31H45N3O5/c1-10-22(6)34(27(28(36)32-19(2)3)25-16-11-20(4)17-21(25)5)29(37)26(33-30(38)39-31(7,8)9)18-23-12-14-24(35)15-13-23/h11-17,19,22,26-27,35H,10,18H2,1-9H3,(H,32,36)(H,33,38). The van der Waals surface area contributed by atoms with Crippen molar-refractivity contribution < 1.29 is 24.2 Å². The maximum atomic E-state index is 14.4. The highest BCUT2D eigenvalue weighted by Crippen LogP contribution is 2.30. The van der Waals surface area contributed by atoms with Gasteiger partial charge in [-0.3, -0.25) is 9.59 Å². The van der Waals surface area contributed by atoms with Gasteiger partial charge in [0.1, 0.15) is 23.4 Å². The number of carbonyl (C=O) groups is 3. The Labute approximate surface area is 233 Å². The molecule has 0 bridgehead atoms. The summed E-state index contributed by atoms with van der Waals surface area (Å²) in [5, 5.41) is 15.5. The predicted octanol–water partition coefficient (Wildman–Crippen LogP) is 5.34. The maximum absolute atomic E-state index is 14.4. The molecule has 3 amide bonds. The fourth-order valence-corrected chi connectivity index (χ4v) is 4.41. The average molecular weight is 540 g/mol. The van der Waals surface area contributed by atoms with E-state index in [9.17, 15) is 19.5 Å². The minimum absolute atomic E-state index is 0.100. The molecule has 0 aliphatic rings. The van der Waals surface area contributed by atoms with Crippen molar-refractivity contribution in [2.24, 2.45) is 0 Å². The van der Waals surface area contributed by atoms with Crippen LogP contribution in [0.5, 0.6) is 5.75 Å². The molecular formula is C31H45N3O5. The van der Waals surface area contributed by atoms with Crippen molar-refractivity contribution in [2.75, 3.05) is 0 Å². The van der Waals surface area contributed by atoms with Crippen LogP contribution in [-0.4, -0.2) is 51.6 Å². The van der Waals surface area contributed by atoms with Crippen molar-refractivity contribution in [3.05, 3.63) is 64.7 Å². The van der Waals surface area contributed by atoms with Crippen molar-refractivity contribution in [2.45, 2.75) is 105 Å². The van der Waals surface area contributed by atoms with Crippen LogP contribution in [0.1, 0.15) is 83.2 Å². The van der Waals surface area contributed by atoms with Gasteiger partial charge in [0.25, 0.3) is 0 Å². The number of aromatic hydroxyl groups is 1. The number of hydrogen-bond acceptors (Lipinski definition) is 5. The first-order valence-electron chi connectivity index (χ1n) is 13.6. The van der Waals surface area contributed by atoms with Gasteiger partial charge in [-0.2, -0.15) is 0 Å². The van der Waals surface area contributed by atoms with Crippen molar-refractivity contribution in [3.63, 3.8) is 0 Å². The van der Waals surface area contributed by atoms with Crippen LogP contribution >= 0.6 is 0 Å². The van der Waals surface area contributed by atoms with E-state index in [-0.39, 0.29) is 30.2 Å². The van der Waals surface area contributed by atoms with E-state index in [1.165, 1.54) is 12.1 Å². The molecule has 3 N–H and O–H groups in total. The highest BCUT2D eigenvalue weighted by molar-refractivity contribution is 5.92. The lowest BCUT2D eigenvalue weighted by molar-refractivity contribution is -0.145. The van der Waals surface area contributed by atoms with Gasteiger partial charge in [0.15, 0.2) is 0 Å². The number of amides is 3. The highest BCUT2D eigenvalue weighted by atomic mass is 16.6. The molecule has 2 aromatic rings. The normalized spacial score (nSPS) is 13.8. The zero-order valence-electron chi connectivity index (χ0n) is 24.8. The number of alkyl carbamates (subject to hydrolysis) is 1. The van der Waals surface area contributed by atoms with Gasteiger partial charge in [-0.15, -0.1) is 0 Å². The largest absolute Gasteiger partial charge is 0.508 e. The Balaban J connectivity index is 2.63. The Bertz CT molecular complexity index is 1140. The zero-order chi connectivity index (χ0) is 29.5. The Morgan fingerprint density at radius 3 is 2.10 bits per heavy atom. The second-order valence-electron chi connectivity index (χ2n) is 11.5. The second-order valence-corrected chi connectivity index (χ2v) is 11.5. The van der Waals surface area contributed by atoms with Gasteiger partial charge in [-0.25, -0.2) is 4.79 Å². The predicted molar refractivity (Wildman–Crippen MR) is 154 cm³/mol. The summed E-state index contributed by atoms with van der Waals surface area (Å²) >= 11 is 0. The molecule has 39 heavy (non-hydrogen) atoms. The first kappa shape index (κ1) is 31.7. The van der Waals surface area contributed by atoms with Crippen LogP contribution in [-0.2, 0) is 20.7 Å². The van der Waals surface area contributed by atoms with Crippen LogP contribution < -0.4 is 10.6 Å². The summed E-state index contributed by atoms with van der Waals surface area (Å²) in [5.41, 5.74) is 2.66. The molecule has 0 spiro atoms. The molecule has 0 aromatic heterocycles. The molecule has 3 unspecified atom stereocenters. The summed E-state index contributed by atoms with van der Waals surface area (Å²) in [6.45, 7) is 16.8. The van der Waals surface area contributed by atoms with Crippen molar-refractivity contribution in [1.82, 2.24) is 15.5 Å². The number of carbonyl (C=O) groups excluding carboxylic acids is 3. The maximum Gasteiger partial charge on any atom is 0.408 e. The lowest BCUT2D eigenvalue weighted by Gasteiger charge is -2.39. The molecule has 0 aliphatic heterocycles. The van der Waals surface area contributed by atoms with E-state index in [1.54, 1.807) is 37.8 Å². The summed E-state index contributed by atoms with van der Waals surface area (Å²) in [7, 11) is 0. The monoisotopic (exact) mass is 539 g/mol. The number of nitrogens with zero attached hydrogens (tertiary/aromatic N) is 1. The molecule has 0 radical (unpaired) electrons. The van der Waals surface area contributed by atoms with Gasteiger partial charge in [0.05, 0.1) is 0 Å². The number of hydrogen-bond donors (Lipinski definition) is 3. The molecular weight excluding hydrogens is 494 g/mol. The molecule has 0 fully saturated rings. The quantitative estimate of drug-likeness (QED) is 0.378. The highest BCUT2D eigenvalue weighted by Gasteiger charge is 2.39. The van der Waals surface area contributed by atoms with Crippen LogP contribution in [0.25, 0.3) is 0 Å². The molecule has 8 nitrogen and oxygen atoms in total. The molecule has 8 heteroatoms. The van der Waals surface area contributed by atoms with Gasteiger partial charge in [0, 0.05) is 18.5 Å². The molecule has 0 heterocycles. The van der Waals surface area contributed by atoms with Gasteiger partial charge in [0.2, 0.25) is 11.8 Å². The average Bonchev–Trinajstić information content (AvgIpc) is 2.81. The third kappa shape index (κ3) is 9.30. The molecule has 214 valence electrons. The number of benzene rings is 2. The van der Waals surface area contributed by atoms with Crippen molar-refractivity contribution in [1.29, 1.82) is 0 Å². The smallest absolute Gasteiger partial charge is 0.408 e. The Morgan fingerprint density at radius 2 is 1.59 bits per heavy atom. The second kappa shape index (κ2) is 13.5. The van der Waals surface area contributed by atoms with Crippen molar-refractivity contribution >= 4 is 17.9 Å². The number of phenolic OH excluding ortho intramolecular Hbond substituents is 1. The minimum atomic E-state index is -1.02. The number of aryl methyl sites for hydroxylation is 2. The van der Waals surface area contributed by atoms with E-state index in [4.69, 9.17) is 4.74 Å². The minimum Gasteiger partial charge on any atom is -0.508 e. The van der Waals surface area contributed by atoms with E-state index in [0.29, 0.717) is 6.42 Å². The number of rotatable bonds is 10.